The van der Waals surface area contributed by atoms with Gasteiger partial charge in [0.2, 0.25) is 0 Å². The molecule has 2 heterocycles. The Morgan fingerprint density at radius 3 is 3.16 bits per heavy atom. The molecule has 1 fully saturated rings. The van der Waals surface area contributed by atoms with Crippen LogP contribution >= 0.6 is 27.7 Å². The van der Waals surface area contributed by atoms with E-state index in [1.165, 1.54) is 24.2 Å². The van der Waals surface area contributed by atoms with E-state index in [4.69, 9.17) is 4.74 Å². The highest BCUT2D eigenvalue weighted by atomic mass is 79.9. The Hall–Kier alpha value is -0.190. The molecule has 2 atom stereocenters. The van der Waals surface area contributed by atoms with E-state index in [1.54, 1.807) is 0 Å². The summed E-state index contributed by atoms with van der Waals surface area (Å²) in [6.07, 6.45) is 3.56. The van der Waals surface area contributed by atoms with E-state index in [9.17, 15) is 0 Å². The van der Waals surface area contributed by atoms with E-state index in [0.29, 0.717) is 6.04 Å². The van der Waals surface area contributed by atoms with Gasteiger partial charge in [0, 0.05) is 28.3 Å². The van der Waals surface area contributed by atoms with Crippen molar-refractivity contribution in [1.29, 1.82) is 0 Å². The number of thioether (sulfide) groups is 1. The Bertz CT molecular complexity index is 459. The lowest BCUT2D eigenvalue weighted by Gasteiger charge is -2.44. The van der Waals surface area contributed by atoms with Crippen LogP contribution in [-0.2, 0) is 0 Å². The molecule has 1 spiro atoms. The average molecular weight is 342 g/mol. The van der Waals surface area contributed by atoms with Crippen molar-refractivity contribution in [3.8, 4) is 5.75 Å². The molecule has 0 saturated carbocycles. The number of halogens is 1. The largest absolute Gasteiger partial charge is 0.486 e. The molecule has 0 amide bonds. The van der Waals surface area contributed by atoms with Gasteiger partial charge in [0.05, 0.1) is 0 Å². The van der Waals surface area contributed by atoms with Crippen molar-refractivity contribution in [3.05, 3.63) is 28.2 Å². The monoisotopic (exact) mass is 341 g/mol. The molecule has 19 heavy (non-hydrogen) atoms. The molecule has 0 aromatic heterocycles. The van der Waals surface area contributed by atoms with Crippen molar-refractivity contribution in [1.82, 2.24) is 5.32 Å². The molecule has 2 nitrogen and oxygen atoms in total. The van der Waals surface area contributed by atoms with Crippen molar-refractivity contribution in [2.24, 2.45) is 0 Å². The van der Waals surface area contributed by atoms with Crippen LogP contribution in [0.1, 0.15) is 37.8 Å². The summed E-state index contributed by atoms with van der Waals surface area (Å²) in [5.74, 6) is 3.48. The van der Waals surface area contributed by atoms with Gasteiger partial charge in [0.25, 0.3) is 0 Å². The Morgan fingerprint density at radius 2 is 2.42 bits per heavy atom. The van der Waals surface area contributed by atoms with Crippen LogP contribution in [0.25, 0.3) is 0 Å². The molecule has 4 heteroatoms. The van der Waals surface area contributed by atoms with Crippen LogP contribution in [0.15, 0.2) is 22.7 Å². The van der Waals surface area contributed by atoms with Gasteiger partial charge in [-0.25, -0.2) is 0 Å². The van der Waals surface area contributed by atoms with Crippen LogP contribution in [0, 0.1) is 0 Å². The van der Waals surface area contributed by atoms with Crippen LogP contribution in [0.2, 0.25) is 0 Å². The summed E-state index contributed by atoms with van der Waals surface area (Å²) in [6.45, 7) is 3.18. The molecule has 3 rings (SSSR count). The maximum Gasteiger partial charge on any atom is 0.125 e. The third-order valence-corrected chi connectivity index (χ3v) is 5.79. The maximum atomic E-state index is 6.41. The number of benzene rings is 1. The highest BCUT2D eigenvalue weighted by Crippen LogP contribution is 2.45. The predicted octanol–water partition coefficient (Wildman–Crippen LogP) is 4.15. The minimum Gasteiger partial charge on any atom is -0.486 e. The van der Waals surface area contributed by atoms with Crippen molar-refractivity contribution in [2.75, 3.05) is 18.1 Å². The van der Waals surface area contributed by atoms with Crippen molar-refractivity contribution in [2.45, 2.75) is 37.8 Å². The zero-order chi connectivity index (χ0) is 13.3. The molecule has 2 unspecified atom stereocenters. The molecule has 1 N–H and O–H groups in total. The van der Waals surface area contributed by atoms with Crippen LogP contribution in [0.3, 0.4) is 0 Å². The van der Waals surface area contributed by atoms with Gasteiger partial charge in [0.15, 0.2) is 0 Å². The summed E-state index contributed by atoms with van der Waals surface area (Å²) in [5, 5.41) is 3.63. The summed E-state index contributed by atoms with van der Waals surface area (Å²) in [6, 6.07) is 6.82. The first-order valence-electron chi connectivity index (χ1n) is 7.02. The van der Waals surface area contributed by atoms with Gasteiger partial charge in [-0.2, -0.15) is 11.8 Å². The fraction of sp³-hybridized carbons (Fsp3) is 0.600. The van der Waals surface area contributed by atoms with Gasteiger partial charge in [0.1, 0.15) is 11.4 Å². The molecule has 0 radical (unpaired) electrons. The average Bonchev–Trinajstić information content (AvgIpc) is 2.41. The molecule has 1 aromatic rings. The second kappa shape index (κ2) is 5.66. The fourth-order valence-electron chi connectivity index (χ4n) is 3.14. The number of hydrogen-bond acceptors (Lipinski definition) is 3. The fourth-order valence-corrected chi connectivity index (χ4v) is 4.70. The predicted molar refractivity (Wildman–Crippen MR) is 85.1 cm³/mol. The minimum atomic E-state index is 0.0522. The molecule has 2 aliphatic heterocycles. The lowest BCUT2D eigenvalue weighted by molar-refractivity contribution is 0.0415. The van der Waals surface area contributed by atoms with Crippen LogP contribution < -0.4 is 10.1 Å². The highest BCUT2D eigenvalue weighted by molar-refractivity contribution is 9.10. The van der Waals surface area contributed by atoms with Gasteiger partial charge >= 0.3 is 0 Å². The summed E-state index contributed by atoms with van der Waals surface area (Å²) >= 11 is 5.61. The molecular formula is C15H20BrNOS. The zero-order valence-electron chi connectivity index (χ0n) is 11.2. The highest BCUT2D eigenvalue weighted by Gasteiger charge is 2.41. The van der Waals surface area contributed by atoms with Gasteiger partial charge in [-0.05, 0) is 43.3 Å². The zero-order valence-corrected chi connectivity index (χ0v) is 13.6. The molecule has 0 bridgehead atoms. The Labute approximate surface area is 127 Å². The third kappa shape index (κ3) is 2.81. The summed E-state index contributed by atoms with van der Waals surface area (Å²) in [5.41, 5.74) is 1.36. The second-order valence-electron chi connectivity index (χ2n) is 5.44. The van der Waals surface area contributed by atoms with E-state index in [1.807, 2.05) is 11.8 Å². The van der Waals surface area contributed by atoms with Gasteiger partial charge in [-0.3, -0.25) is 0 Å². The Kier molecular flexibility index (Phi) is 4.11. The van der Waals surface area contributed by atoms with Gasteiger partial charge in [-0.15, -0.1) is 0 Å². The molecule has 104 valence electrons. The minimum absolute atomic E-state index is 0.0522. The van der Waals surface area contributed by atoms with Crippen LogP contribution in [-0.4, -0.2) is 23.7 Å². The first-order valence-corrected chi connectivity index (χ1v) is 8.97. The second-order valence-corrected chi connectivity index (χ2v) is 7.46. The van der Waals surface area contributed by atoms with E-state index < -0.39 is 0 Å². The summed E-state index contributed by atoms with van der Waals surface area (Å²) in [4.78, 5) is 0. The normalized spacial score (nSPS) is 29.9. The maximum absolute atomic E-state index is 6.41. The number of fused-ring (bicyclic) bond motifs is 1. The smallest absolute Gasteiger partial charge is 0.125 e. The van der Waals surface area contributed by atoms with Crippen molar-refractivity contribution >= 4 is 27.7 Å². The van der Waals surface area contributed by atoms with Gasteiger partial charge < -0.3 is 10.1 Å². The lowest BCUT2D eigenvalue weighted by atomic mass is 9.85. The number of hydrogen-bond donors (Lipinski definition) is 1. The van der Waals surface area contributed by atoms with Crippen LogP contribution in [0.4, 0.5) is 0 Å². The third-order valence-electron chi connectivity index (χ3n) is 3.99. The number of rotatable bonds is 2. The van der Waals surface area contributed by atoms with E-state index in [-0.39, 0.29) is 5.60 Å². The van der Waals surface area contributed by atoms with Crippen molar-refractivity contribution in [3.63, 3.8) is 0 Å². The molecule has 2 aliphatic rings. The SMILES string of the molecule is CCNC1CC2(CCCSC2)Oc2ccc(Br)cc21. The summed E-state index contributed by atoms with van der Waals surface area (Å²) in [7, 11) is 0. The lowest BCUT2D eigenvalue weighted by Crippen LogP contribution is -2.47. The molecule has 0 aliphatic carbocycles. The Morgan fingerprint density at radius 1 is 1.53 bits per heavy atom. The topological polar surface area (TPSA) is 21.3 Å². The van der Waals surface area contributed by atoms with Crippen LogP contribution in [0.5, 0.6) is 5.75 Å². The first-order chi connectivity index (χ1) is 9.22. The number of ether oxygens (including phenoxy) is 1. The van der Waals surface area contributed by atoms with E-state index in [2.05, 4.69) is 46.4 Å². The van der Waals surface area contributed by atoms with Gasteiger partial charge in [-0.1, -0.05) is 22.9 Å². The number of nitrogens with one attached hydrogen (secondary N) is 1. The Balaban J connectivity index is 1.94. The van der Waals surface area contributed by atoms with E-state index in [0.717, 1.165) is 28.9 Å². The standard InChI is InChI=1S/C15H20BrNOS/c1-2-17-13-9-15(6-3-7-19-10-15)18-14-5-4-11(16)8-12(13)14/h4-5,8,13,17H,2-3,6-7,9-10H2,1H3. The molecule has 1 saturated heterocycles. The quantitative estimate of drug-likeness (QED) is 0.873. The van der Waals surface area contributed by atoms with Crippen molar-refractivity contribution < 1.29 is 4.74 Å². The summed E-state index contributed by atoms with van der Waals surface area (Å²) < 4.78 is 7.54. The first kappa shape index (κ1) is 13.8. The molecule has 1 aromatic carbocycles. The molecular weight excluding hydrogens is 322 g/mol. The van der Waals surface area contributed by atoms with E-state index >= 15 is 0 Å².